The van der Waals surface area contributed by atoms with E-state index in [-0.39, 0.29) is 360 Å². The van der Waals surface area contributed by atoms with Crippen LogP contribution in [0.5, 0.6) is 0 Å². The monoisotopic (exact) mass is 1300 g/mol. The first-order valence-corrected chi connectivity index (χ1v) is 8.26. The number of allylic oxidation sites excluding steroid dienone is 7. The van der Waals surface area contributed by atoms with Crippen LogP contribution in [0, 0.1) is 6.07 Å². The molecular weight excluding hydrogens is 1280 g/mol. The van der Waals surface area contributed by atoms with Gasteiger partial charge in [-0.25, -0.2) is 0 Å². The van der Waals surface area contributed by atoms with Crippen LogP contribution in [0.3, 0.4) is 0 Å². The Bertz CT molecular complexity index is 900. The minimum absolute atomic E-state index is 0. The molecule has 11 radical (unpaired) electrons. The van der Waals surface area contributed by atoms with E-state index in [1.807, 2.05) is 54.1 Å². The van der Waals surface area contributed by atoms with Gasteiger partial charge in [-0.15, -0.1) is 12.2 Å². The largest absolute Gasteiger partial charge is 0.351 e. The number of benzene rings is 2. The molecule has 3 rings (SSSR count). The van der Waals surface area contributed by atoms with Crippen LogP contribution in [0.15, 0.2) is 91.2 Å². The molecule has 157 valence electrons. The van der Waals surface area contributed by atoms with Crippen molar-refractivity contribution in [3.63, 3.8) is 0 Å². The first-order chi connectivity index (χ1) is 12.3. The van der Waals surface area contributed by atoms with E-state index in [1.165, 1.54) is 16.8 Å². The summed E-state index contributed by atoms with van der Waals surface area (Å²) < 4.78 is 1.92. The number of anilines is 1. The second-order valence-corrected chi connectivity index (χ2v) is 5.75. The molecule has 0 saturated heterocycles. The van der Waals surface area contributed by atoms with Crippen LogP contribution in [0.2, 0.25) is 0 Å². The summed E-state index contributed by atoms with van der Waals surface area (Å²) in [6.45, 7) is 0. The van der Waals surface area contributed by atoms with Crippen molar-refractivity contribution in [2.75, 3.05) is 19.0 Å². The smallest absolute Gasteiger partial charge is 0.113 e. The summed E-state index contributed by atoms with van der Waals surface area (Å²) in [7, 11) is 4.03. The van der Waals surface area contributed by atoms with Crippen molar-refractivity contribution in [1.82, 2.24) is 0 Å². The topological polar surface area (TPSA) is 6.25 Å². The van der Waals surface area contributed by atoms with Gasteiger partial charge in [0, 0.05) is 384 Å². The van der Waals surface area contributed by atoms with Crippen molar-refractivity contribution in [2.45, 2.75) is 0 Å². The third-order valence-corrected chi connectivity index (χ3v) is 3.99. The Morgan fingerprint density at radius 3 is 1.92 bits per heavy atom. The van der Waals surface area contributed by atoms with E-state index in [0.717, 1.165) is 5.69 Å². The zero-order chi connectivity index (χ0) is 17.5. The number of hydrogen-bond donors (Lipinski definition) is 0. The summed E-state index contributed by atoms with van der Waals surface area (Å²) in [4.78, 5) is 2.14. The summed E-state index contributed by atoms with van der Waals surface area (Å²) in [5.41, 5.74) is 4.68. The molecule has 2 nitrogen and oxygen atoms in total. The van der Waals surface area contributed by atoms with Gasteiger partial charge in [-0.05, 0) is 23.4 Å². The average Bonchev–Trinajstić information content (AvgIpc) is 2.67. The third-order valence-electron chi connectivity index (χ3n) is 3.99. The maximum absolute atomic E-state index is 3.19. The second-order valence-electron chi connectivity index (χ2n) is 5.75. The second kappa shape index (κ2) is 42.0. The predicted molar refractivity (Wildman–Crippen MR) is 106 cm³/mol. The first kappa shape index (κ1) is 67.2. The van der Waals surface area contributed by atoms with Crippen molar-refractivity contribution in [1.29, 1.82) is 0 Å². The molecule has 1 heterocycles. The van der Waals surface area contributed by atoms with Gasteiger partial charge in [0.15, 0.2) is 0 Å². The number of para-hydroxylation sites is 2. The molecule has 2 aromatic rings. The average molecular weight is 1300 g/mol. The Balaban J connectivity index is -0.0000000947. The van der Waals surface area contributed by atoms with Crippen LogP contribution in [-0.4, -0.2) is 24.9 Å². The molecule has 1 aliphatic rings. The fourth-order valence-corrected chi connectivity index (χ4v) is 2.63. The van der Waals surface area contributed by atoms with E-state index in [1.54, 1.807) is 0 Å². The van der Waals surface area contributed by atoms with Crippen LogP contribution in [0.1, 0.15) is 5.56 Å². The van der Waals surface area contributed by atoms with Crippen LogP contribution in [0.25, 0.3) is 5.57 Å². The van der Waals surface area contributed by atoms with Crippen LogP contribution in [-0.2, 0) is 360 Å². The molecule has 0 aromatic heterocycles. The van der Waals surface area contributed by atoms with Crippen LogP contribution >= 0.6 is 0 Å². The zero-order valence-electron chi connectivity index (χ0n) is 20.9. The maximum Gasteiger partial charge on any atom is 0.113 e. The van der Waals surface area contributed by atoms with E-state index in [0.29, 0.717) is 0 Å². The van der Waals surface area contributed by atoms with E-state index in [2.05, 4.69) is 72.9 Å². The molecule has 1 aliphatic heterocycles. The third kappa shape index (κ3) is 26.0. The van der Waals surface area contributed by atoms with E-state index >= 15 is 0 Å². The van der Waals surface area contributed by atoms with Gasteiger partial charge in [-0.3, -0.25) is 0 Å². The SMILES string of the molecule is CN1C=CC(=CC=CC=C[C-]=[N+](C)c2[c-]cccc2)c2ccccc21.[Y].[Y].[Y].[Y].[Y].[Y].[Y].[Y].[Y].[Y].[Y]. The minimum Gasteiger partial charge on any atom is -0.351 e. The molecule has 0 bridgehead atoms. The molecule has 0 amide bonds. The Morgan fingerprint density at radius 1 is 0.750 bits per heavy atom. The first-order valence-electron chi connectivity index (χ1n) is 8.26. The summed E-state index contributed by atoms with van der Waals surface area (Å²) >= 11 is 0. The number of rotatable bonds is 4. The number of hydrogen-bond acceptors (Lipinski definition) is 1. The Kier molecular flexibility index (Phi) is 78.5. The quantitative estimate of drug-likeness (QED) is 0.184. The molecule has 0 spiro atoms. The van der Waals surface area contributed by atoms with Crippen LogP contribution < -0.4 is 4.90 Å². The zero-order valence-corrected chi connectivity index (χ0v) is 52.1. The number of nitrogens with zero attached hydrogens (tertiary/aromatic N) is 2. The fourth-order valence-electron chi connectivity index (χ4n) is 2.63. The molecule has 0 N–H and O–H groups in total. The molecular formula is C23H21N2Y11-. The van der Waals surface area contributed by atoms with Crippen molar-refractivity contribution in [3.05, 3.63) is 103 Å². The van der Waals surface area contributed by atoms with Crippen LogP contribution in [0.4, 0.5) is 11.4 Å². The molecule has 36 heavy (non-hydrogen) atoms. The van der Waals surface area contributed by atoms with Gasteiger partial charge < -0.3 is 9.48 Å². The van der Waals surface area contributed by atoms with E-state index in [9.17, 15) is 0 Å². The molecule has 0 aliphatic carbocycles. The summed E-state index contributed by atoms with van der Waals surface area (Å²) in [6, 6.07) is 19.4. The molecule has 13 heteroatoms. The number of fused-ring (bicyclic) bond motifs is 1. The molecule has 0 unspecified atom stereocenters. The van der Waals surface area contributed by atoms with Gasteiger partial charge in [0.05, 0.1) is 0 Å². The summed E-state index contributed by atoms with van der Waals surface area (Å²) in [6.07, 6.45) is 17.5. The predicted octanol–water partition coefficient (Wildman–Crippen LogP) is 4.84. The molecule has 0 saturated carbocycles. The molecule has 0 atom stereocenters. The summed E-state index contributed by atoms with van der Waals surface area (Å²) in [5, 5.41) is 0. The van der Waals surface area contributed by atoms with Gasteiger partial charge in [0.25, 0.3) is 0 Å². The Labute approximate surface area is 495 Å². The maximum atomic E-state index is 3.19. The Morgan fingerprint density at radius 2 is 1.33 bits per heavy atom. The van der Waals surface area contributed by atoms with Crippen molar-refractivity contribution in [2.24, 2.45) is 0 Å². The van der Waals surface area contributed by atoms with Gasteiger partial charge in [-0.1, -0.05) is 30.4 Å². The van der Waals surface area contributed by atoms with Crippen molar-refractivity contribution < 1.29 is 364 Å². The fraction of sp³-hybridized carbons (Fsp3) is 0.0870. The minimum atomic E-state index is 0. The van der Waals surface area contributed by atoms with Gasteiger partial charge >= 0.3 is 0 Å². The van der Waals surface area contributed by atoms with E-state index in [4.69, 9.17) is 0 Å². The van der Waals surface area contributed by atoms with Gasteiger partial charge in [0.1, 0.15) is 13.3 Å². The molecule has 0 fully saturated rings. The standard InChI is InChI=1S/C23H21N2.11Y/c1-24(21-13-7-5-8-14-21)18-11-4-3-6-12-20-17-19-25(2)23-16-10-9-15-22(20)23;;;;;;;;;;;/h3-13,15-17,19H,1-2H3;;;;;;;;;;;/q-1;;;;;;;;;;;. The normalized spacial score (nSPS) is 11.2. The van der Waals surface area contributed by atoms with Crippen molar-refractivity contribution in [3.8, 4) is 0 Å². The van der Waals surface area contributed by atoms with Gasteiger partial charge in [-0.2, -0.15) is 36.4 Å². The summed E-state index contributed by atoms with van der Waals surface area (Å²) in [5.74, 6) is 0. The van der Waals surface area contributed by atoms with E-state index < -0.39 is 0 Å². The molecule has 2 aromatic carbocycles. The van der Waals surface area contributed by atoms with Crippen molar-refractivity contribution >= 4 is 23.2 Å². The van der Waals surface area contributed by atoms with Gasteiger partial charge in [0.2, 0.25) is 0 Å². The Hall–Kier alpha value is 9.01.